The number of benzene rings is 3. The highest BCUT2D eigenvalue weighted by Gasteiger charge is 2.39. The van der Waals surface area contributed by atoms with Crippen molar-refractivity contribution >= 4 is 23.7 Å². The zero-order valence-electron chi connectivity index (χ0n) is 30.0. The molecule has 1 aromatic heterocycles. The number of carboxylic acid groups (broad SMARTS) is 3. The summed E-state index contributed by atoms with van der Waals surface area (Å²) in [5.74, 6) is -7.86. The van der Waals surface area contributed by atoms with Crippen LogP contribution in [0, 0.1) is 11.2 Å². The van der Waals surface area contributed by atoms with Crippen LogP contribution in [0.15, 0.2) is 65.5 Å². The highest BCUT2D eigenvalue weighted by Crippen LogP contribution is 2.34. The molecule has 0 radical (unpaired) electrons. The van der Waals surface area contributed by atoms with Crippen molar-refractivity contribution in [2.45, 2.75) is 51.0 Å². The lowest BCUT2D eigenvalue weighted by molar-refractivity contribution is -0.193. The topological polar surface area (TPSA) is 225 Å². The van der Waals surface area contributed by atoms with Crippen molar-refractivity contribution in [3.63, 3.8) is 0 Å². The summed E-state index contributed by atoms with van der Waals surface area (Å²) in [6, 6.07) is 16.5. The SMILES string of the molecule is CCc1cc(OCC(C)N(C)C)c(F)c(C(Cc2ccc(C(=N)N)cc2)c2nn(-c3ccccc3C(=O)O)c(=O)[nH]2)c1.O=C(O)C(F)(F)F.O=C(O)C(F)(F)F. The molecule has 1 heterocycles. The Bertz CT molecular complexity index is 2040. The zero-order chi connectivity index (χ0) is 42.7. The van der Waals surface area contributed by atoms with E-state index in [2.05, 4.69) is 10.1 Å². The minimum absolute atomic E-state index is 0.0371. The number of alkyl halides is 6. The molecule has 3 aromatic carbocycles. The summed E-state index contributed by atoms with van der Waals surface area (Å²) in [5.41, 5.74) is 7.41. The number of halogens is 7. The van der Waals surface area contributed by atoms with Crippen LogP contribution >= 0.6 is 0 Å². The lowest BCUT2D eigenvalue weighted by Gasteiger charge is -2.22. The number of carbonyl (C=O) groups is 3. The molecular weight excluding hydrogens is 765 g/mol. The van der Waals surface area contributed by atoms with E-state index in [1.165, 1.54) is 12.1 Å². The predicted molar refractivity (Wildman–Crippen MR) is 186 cm³/mol. The summed E-state index contributed by atoms with van der Waals surface area (Å²) < 4.78 is 86.7. The maximum absolute atomic E-state index is 16.3. The molecule has 304 valence electrons. The standard InChI is InChI=1S/C31H35FN6O4.2C2HF3O2/c1-5-19-14-23(27(32)26(16-19)42-17-18(2)37(3)4)24(15-20-10-12-21(13-11-20)28(33)34)29-35-31(41)38(36-29)25-9-7-6-8-22(25)30(39)40;2*3-2(4,5)1(6)7/h6-14,16,18,24H,5,15,17H2,1-4H3,(H3,33,34)(H,39,40)(H,35,36,41);2*(H,6,7). The van der Waals surface area contributed by atoms with Crippen LogP contribution in [0.3, 0.4) is 0 Å². The molecule has 0 aliphatic rings. The number of hydrogen-bond donors (Lipinski definition) is 6. The Balaban J connectivity index is 0.000000657. The number of aliphatic carboxylic acids is 2. The second-order valence-corrected chi connectivity index (χ2v) is 12.0. The van der Waals surface area contributed by atoms with E-state index in [4.69, 9.17) is 35.7 Å². The number of carboxylic acids is 3. The first-order valence-electron chi connectivity index (χ1n) is 16.1. The van der Waals surface area contributed by atoms with Crippen LogP contribution in [-0.4, -0.2) is 97.8 Å². The largest absolute Gasteiger partial charge is 0.490 e. The second kappa shape index (κ2) is 19.4. The number of amidine groups is 1. The van der Waals surface area contributed by atoms with Gasteiger partial charge in [0.05, 0.1) is 17.2 Å². The first kappa shape index (κ1) is 45.9. The Kier molecular flexibility index (Phi) is 15.9. The fraction of sp³-hybridized carbons (Fsp3) is 0.314. The van der Waals surface area contributed by atoms with Gasteiger partial charge in [0.2, 0.25) is 0 Å². The highest BCUT2D eigenvalue weighted by molar-refractivity contribution is 5.95. The minimum atomic E-state index is -5.08. The summed E-state index contributed by atoms with van der Waals surface area (Å²) in [4.78, 5) is 47.5. The third-order valence-electron chi connectivity index (χ3n) is 7.79. The molecule has 2 unspecified atom stereocenters. The number of rotatable bonds is 12. The number of likely N-dealkylation sites (N-methyl/N-ethyl adjacent to an activating group) is 1. The molecule has 0 amide bonds. The van der Waals surface area contributed by atoms with Crippen molar-refractivity contribution in [3.8, 4) is 11.4 Å². The molecule has 2 atom stereocenters. The summed E-state index contributed by atoms with van der Waals surface area (Å²) >= 11 is 0. The number of H-pyrrole nitrogens is 1. The maximum Gasteiger partial charge on any atom is 0.490 e. The van der Waals surface area contributed by atoms with Crippen LogP contribution in [0.2, 0.25) is 0 Å². The molecule has 0 aliphatic heterocycles. The Morgan fingerprint density at radius 2 is 1.48 bits per heavy atom. The number of aromatic carboxylic acids is 1. The van der Waals surface area contributed by atoms with Gasteiger partial charge in [-0.1, -0.05) is 49.4 Å². The van der Waals surface area contributed by atoms with Gasteiger partial charge in [-0.15, -0.1) is 5.10 Å². The van der Waals surface area contributed by atoms with Gasteiger partial charge in [0.1, 0.15) is 18.3 Å². The summed E-state index contributed by atoms with van der Waals surface area (Å²) in [5, 5.41) is 36.1. The highest BCUT2D eigenvalue weighted by atomic mass is 19.4. The number of aromatic amines is 1. The predicted octanol–water partition coefficient (Wildman–Crippen LogP) is 5.21. The summed E-state index contributed by atoms with van der Waals surface area (Å²) in [6.45, 7) is 4.20. The van der Waals surface area contributed by atoms with E-state index in [1.54, 1.807) is 48.5 Å². The van der Waals surface area contributed by atoms with Gasteiger partial charge in [-0.25, -0.2) is 23.6 Å². The number of nitrogens with two attached hydrogens (primary N) is 1. The number of aromatic nitrogens is 3. The number of para-hydroxylation sites is 1. The van der Waals surface area contributed by atoms with E-state index >= 15 is 4.39 Å². The lowest BCUT2D eigenvalue weighted by Crippen LogP contribution is -2.30. The van der Waals surface area contributed by atoms with E-state index in [0.29, 0.717) is 12.0 Å². The van der Waals surface area contributed by atoms with Crippen LogP contribution in [0.1, 0.15) is 58.2 Å². The fourth-order valence-electron chi connectivity index (χ4n) is 4.51. The van der Waals surface area contributed by atoms with E-state index < -0.39 is 47.7 Å². The van der Waals surface area contributed by atoms with Crippen molar-refractivity contribution in [2.75, 3.05) is 20.7 Å². The molecule has 21 heteroatoms. The molecule has 7 N–H and O–H groups in total. The molecule has 0 aliphatic carbocycles. The van der Waals surface area contributed by atoms with E-state index in [-0.39, 0.29) is 53.3 Å². The number of ether oxygens (including phenoxy) is 1. The van der Waals surface area contributed by atoms with Crippen LogP contribution < -0.4 is 16.2 Å². The number of hydrogen-bond acceptors (Lipinski definition) is 8. The Morgan fingerprint density at radius 3 is 1.95 bits per heavy atom. The Morgan fingerprint density at radius 1 is 0.946 bits per heavy atom. The quantitative estimate of drug-likeness (QED) is 0.0619. The monoisotopic (exact) mass is 802 g/mol. The van der Waals surface area contributed by atoms with Gasteiger partial charge in [-0.05, 0) is 63.2 Å². The van der Waals surface area contributed by atoms with Crippen molar-refractivity contribution in [1.29, 1.82) is 5.41 Å². The smallest absolute Gasteiger partial charge is 0.489 e. The zero-order valence-corrected chi connectivity index (χ0v) is 30.0. The third kappa shape index (κ3) is 13.0. The second-order valence-electron chi connectivity index (χ2n) is 12.0. The molecule has 14 nitrogen and oxygen atoms in total. The van der Waals surface area contributed by atoms with Gasteiger partial charge in [0.15, 0.2) is 11.6 Å². The third-order valence-corrected chi connectivity index (χ3v) is 7.79. The van der Waals surface area contributed by atoms with Crippen molar-refractivity contribution in [1.82, 2.24) is 19.7 Å². The minimum Gasteiger partial charge on any atom is -0.489 e. The van der Waals surface area contributed by atoms with E-state index in [0.717, 1.165) is 15.8 Å². The van der Waals surface area contributed by atoms with Gasteiger partial charge in [0, 0.05) is 17.2 Å². The molecule has 0 fully saturated rings. The molecular formula is C35H37F7N6O8. The van der Waals surface area contributed by atoms with E-state index in [9.17, 15) is 41.0 Å². The maximum atomic E-state index is 16.3. The molecule has 0 saturated carbocycles. The number of aryl methyl sites for hydroxylation is 1. The first-order valence-corrected chi connectivity index (χ1v) is 16.1. The lowest BCUT2D eigenvalue weighted by atomic mass is 9.89. The molecule has 0 bridgehead atoms. The number of nitrogens with zero attached hydrogens (tertiary/aromatic N) is 3. The van der Waals surface area contributed by atoms with Gasteiger partial charge < -0.3 is 30.7 Å². The van der Waals surface area contributed by atoms with Crippen molar-refractivity contribution < 1.29 is 65.2 Å². The average molecular weight is 803 g/mol. The fourth-order valence-corrected chi connectivity index (χ4v) is 4.51. The number of nitrogens with one attached hydrogen (secondary N) is 2. The normalized spacial score (nSPS) is 12.4. The first-order chi connectivity index (χ1) is 25.9. The molecule has 56 heavy (non-hydrogen) atoms. The van der Waals surface area contributed by atoms with Gasteiger partial charge in [0.25, 0.3) is 0 Å². The van der Waals surface area contributed by atoms with Crippen molar-refractivity contribution in [2.24, 2.45) is 5.73 Å². The molecule has 4 aromatic rings. The van der Waals surface area contributed by atoms with Crippen molar-refractivity contribution in [3.05, 3.63) is 111 Å². The molecule has 0 saturated heterocycles. The molecule has 4 rings (SSSR count). The van der Waals surface area contributed by atoms with Crippen LogP contribution in [0.4, 0.5) is 30.7 Å². The average Bonchev–Trinajstić information content (AvgIpc) is 3.50. The number of nitrogen functional groups attached to an aromatic ring is 1. The Hall–Kier alpha value is -6.25. The Labute approximate surface area is 313 Å². The summed E-state index contributed by atoms with van der Waals surface area (Å²) in [7, 11) is 3.84. The van der Waals surface area contributed by atoms with Gasteiger partial charge in [-0.3, -0.25) is 10.4 Å². The van der Waals surface area contributed by atoms with Gasteiger partial charge in [-0.2, -0.15) is 31.0 Å². The van der Waals surface area contributed by atoms with Crippen LogP contribution in [0.25, 0.3) is 5.69 Å². The molecule has 0 spiro atoms. The van der Waals surface area contributed by atoms with Gasteiger partial charge >= 0.3 is 36.0 Å². The van der Waals surface area contributed by atoms with E-state index in [1.807, 2.05) is 32.8 Å². The van der Waals surface area contributed by atoms with Crippen LogP contribution in [-0.2, 0) is 22.4 Å². The summed E-state index contributed by atoms with van der Waals surface area (Å²) in [6.07, 6.45) is -9.31. The van der Waals surface area contributed by atoms with Crippen LogP contribution in [0.5, 0.6) is 5.75 Å².